The van der Waals surface area contributed by atoms with Gasteiger partial charge < -0.3 is 9.88 Å². The lowest BCUT2D eigenvalue weighted by atomic mass is 10.00. The molecule has 18 heavy (non-hydrogen) atoms. The van der Waals surface area contributed by atoms with Crippen LogP contribution in [0.4, 0.5) is 5.69 Å². The molecule has 1 aliphatic heterocycles. The molecule has 1 aromatic carbocycles. The summed E-state index contributed by atoms with van der Waals surface area (Å²) in [5.41, 5.74) is 2.24. The fourth-order valence-electron chi connectivity index (χ4n) is 2.58. The van der Waals surface area contributed by atoms with Gasteiger partial charge in [-0.3, -0.25) is 0 Å². The number of hydrogen-bond donors (Lipinski definition) is 1. The molecule has 0 bridgehead atoms. The van der Waals surface area contributed by atoms with E-state index in [1.165, 1.54) is 6.42 Å². The third-order valence-corrected chi connectivity index (χ3v) is 3.64. The number of nitrogens with zero attached hydrogens (tertiary/aromatic N) is 3. The van der Waals surface area contributed by atoms with Gasteiger partial charge in [0.2, 0.25) is 0 Å². The summed E-state index contributed by atoms with van der Waals surface area (Å²) in [6.45, 7) is 3.30. The Morgan fingerprint density at radius 2 is 2.11 bits per heavy atom. The summed E-state index contributed by atoms with van der Waals surface area (Å²) in [5.74, 6) is 2.82. The predicted molar refractivity (Wildman–Crippen MR) is 72.5 cm³/mol. The highest BCUT2D eigenvalue weighted by atomic mass is 15.3. The second kappa shape index (κ2) is 4.44. The van der Waals surface area contributed by atoms with Crippen molar-refractivity contribution >= 4 is 5.69 Å². The largest absolute Gasteiger partial charge is 0.388 e. The van der Waals surface area contributed by atoms with Crippen LogP contribution in [0.1, 0.15) is 19.2 Å². The van der Waals surface area contributed by atoms with E-state index < -0.39 is 0 Å². The molecule has 1 unspecified atom stereocenters. The molecule has 1 aliphatic rings. The second-order valence-electron chi connectivity index (χ2n) is 4.99. The van der Waals surface area contributed by atoms with Gasteiger partial charge in [0.25, 0.3) is 0 Å². The highest BCUT2D eigenvalue weighted by Crippen LogP contribution is 2.29. The fourth-order valence-corrected chi connectivity index (χ4v) is 2.58. The Morgan fingerprint density at radius 3 is 2.94 bits per heavy atom. The topological polar surface area (TPSA) is 42.7 Å². The van der Waals surface area contributed by atoms with E-state index >= 15 is 0 Å². The van der Waals surface area contributed by atoms with Gasteiger partial charge in [0.05, 0.1) is 0 Å². The van der Waals surface area contributed by atoms with E-state index in [4.69, 9.17) is 0 Å². The van der Waals surface area contributed by atoms with Gasteiger partial charge in [-0.25, -0.2) is 0 Å². The van der Waals surface area contributed by atoms with Crippen LogP contribution in [-0.4, -0.2) is 21.8 Å². The van der Waals surface area contributed by atoms with Gasteiger partial charge in [-0.05, 0) is 24.5 Å². The minimum absolute atomic E-state index is 0.717. The first-order valence-electron chi connectivity index (χ1n) is 6.49. The van der Waals surface area contributed by atoms with Crippen LogP contribution in [0.25, 0.3) is 11.4 Å². The van der Waals surface area contributed by atoms with Gasteiger partial charge in [0.1, 0.15) is 5.82 Å². The first kappa shape index (κ1) is 11.3. The Labute approximate surface area is 107 Å². The fraction of sp³-hybridized carbons (Fsp3) is 0.429. The summed E-state index contributed by atoms with van der Waals surface area (Å²) >= 11 is 0. The molecule has 0 saturated carbocycles. The Balaban J connectivity index is 2.08. The molecule has 0 amide bonds. The summed E-state index contributed by atoms with van der Waals surface area (Å²) in [5, 5.41) is 11.9. The van der Waals surface area contributed by atoms with Crippen molar-refractivity contribution in [3.05, 3.63) is 30.1 Å². The molecule has 4 nitrogen and oxygen atoms in total. The maximum atomic E-state index is 4.38. The Bertz CT molecular complexity index is 559. The van der Waals surface area contributed by atoms with Crippen LogP contribution in [0, 0.1) is 5.92 Å². The number of benzene rings is 1. The van der Waals surface area contributed by atoms with Crippen molar-refractivity contribution < 1.29 is 0 Å². The average Bonchev–Trinajstić information content (AvgIpc) is 2.81. The predicted octanol–water partition coefficient (Wildman–Crippen LogP) is 2.57. The minimum atomic E-state index is 0.717. The number of hydrogen-bond acceptors (Lipinski definition) is 3. The van der Waals surface area contributed by atoms with Crippen LogP contribution in [-0.2, 0) is 13.0 Å². The van der Waals surface area contributed by atoms with Crippen LogP contribution < -0.4 is 5.32 Å². The number of rotatable bonds is 2. The van der Waals surface area contributed by atoms with Crippen LogP contribution in [0.3, 0.4) is 0 Å². The highest BCUT2D eigenvalue weighted by Gasteiger charge is 2.21. The van der Waals surface area contributed by atoms with Crippen molar-refractivity contribution in [2.24, 2.45) is 5.92 Å². The Kier molecular flexibility index (Phi) is 2.78. The van der Waals surface area contributed by atoms with Crippen molar-refractivity contribution in [2.45, 2.75) is 26.3 Å². The van der Waals surface area contributed by atoms with Crippen LogP contribution in [0.15, 0.2) is 24.3 Å². The molecule has 4 heteroatoms. The molecule has 0 spiro atoms. The monoisotopic (exact) mass is 242 g/mol. The Morgan fingerprint density at radius 1 is 1.28 bits per heavy atom. The zero-order valence-electron chi connectivity index (χ0n) is 10.8. The molecule has 0 radical (unpaired) electrons. The van der Waals surface area contributed by atoms with E-state index in [9.17, 15) is 0 Å². The quantitative estimate of drug-likeness (QED) is 0.880. The van der Waals surface area contributed by atoms with Crippen molar-refractivity contribution in [2.75, 3.05) is 12.4 Å². The summed E-state index contributed by atoms with van der Waals surface area (Å²) in [6, 6.07) is 8.25. The number of anilines is 1. The molecule has 1 aromatic heterocycles. The maximum Gasteiger partial charge on any atom is 0.166 e. The molecule has 0 aliphatic carbocycles. The van der Waals surface area contributed by atoms with Gasteiger partial charge >= 0.3 is 0 Å². The Hall–Kier alpha value is -1.84. The molecule has 94 valence electrons. The second-order valence-corrected chi connectivity index (χ2v) is 4.99. The first-order chi connectivity index (χ1) is 8.79. The van der Waals surface area contributed by atoms with Crippen LogP contribution >= 0.6 is 0 Å². The van der Waals surface area contributed by atoms with E-state index in [2.05, 4.69) is 39.1 Å². The average molecular weight is 242 g/mol. The standard InChI is InChI=1S/C14H18N4/c1-10-7-8-18-13(9-10)16-17-14(18)11-5-3-4-6-12(11)15-2/h3-6,10,15H,7-9H2,1-2H3. The zero-order valence-corrected chi connectivity index (χ0v) is 10.8. The van der Waals surface area contributed by atoms with E-state index in [1.807, 2.05) is 19.2 Å². The van der Waals surface area contributed by atoms with Gasteiger partial charge in [0, 0.05) is 31.3 Å². The third-order valence-electron chi connectivity index (χ3n) is 3.64. The van der Waals surface area contributed by atoms with E-state index in [0.29, 0.717) is 5.92 Å². The van der Waals surface area contributed by atoms with Crippen molar-refractivity contribution in [1.29, 1.82) is 0 Å². The first-order valence-corrected chi connectivity index (χ1v) is 6.49. The smallest absolute Gasteiger partial charge is 0.166 e. The zero-order chi connectivity index (χ0) is 12.5. The summed E-state index contributed by atoms with van der Waals surface area (Å²) in [7, 11) is 1.94. The third kappa shape index (κ3) is 1.78. The van der Waals surface area contributed by atoms with Crippen molar-refractivity contribution in [3.63, 3.8) is 0 Å². The number of aromatic nitrogens is 3. The van der Waals surface area contributed by atoms with Gasteiger partial charge in [-0.15, -0.1) is 10.2 Å². The summed E-state index contributed by atoms with van der Waals surface area (Å²) < 4.78 is 2.26. The molecule has 3 rings (SSSR count). The summed E-state index contributed by atoms with van der Waals surface area (Å²) in [4.78, 5) is 0. The molecule has 1 atom stereocenters. The highest BCUT2D eigenvalue weighted by molar-refractivity contribution is 5.73. The van der Waals surface area contributed by atoms with Crippen LogP contribution in [0.2, 0.25) is 0 Å². The van der Waals surface area contributed by atoms with Crippen molar-refractivity contribution in [1.82, 2.24) is 14.8 Å². The number of nitrogens with one attached hydrogen (secondary N) is 1. The summed E-state index contributed by atoms with van der Waals surface area (Å²) in [6.07, 6.45) is 2.24. The minimum Gasteiger partial charge on any atom is -0.388 e. The van der Waals surface area contributed by atoms with Gasteiger partial charge in [-0.1, -0.05) is 19.1 Å². The molecule has 2 aromatic rings. The maximum absolute atomic E-state index is 4.38. The molecular weight excluding hydrogens is 224 g/mol. The lowest BCUT2D eigenvalue weighted by molar-refractivity contribution is 0.411. The van der Waals surface area contributed by atoms with E-state index in [-0.39, 0.29) is 0 Å². The lowest BCUT2D eigenvalue weighted by Crippen LogP contribution is -2.18. The number of para-hydroxylation sites is 1. The molecular formula is C14H18N4. The van der Waals surface area contributed by atoms with Gasteiger partial charge in [-0.2, -0.15) is 0 Å². The van der Waals surface area contributed by atoms with Gasteiger partial charge in [0.15, 0.2) is 5.82 Å². The number of fused-ring (bicyclic) bond motifs is 1. The van der Waals surface area contributed by atoms with Crippen LogP contribution in [0.5, 0.6) is 0 Å². The molecule has 0 saturated heterocycles. The van der Waals surface area contributed by atoms with Crippen molar-refractivity contribution in [3.8, 4) is 11.4 Å². The SMILES string of the molecule is CNc1ccccc1-c1nnc2n1CCC(C)C2. The van der Waals surface area contributed by atoms with E-state index in [1.54, 1.807) is 0 Å². The normalized spacial score (nSPS) is 18.4. The molecule has 0 fully saturated rings. The molecule has 2 heterocycles. The molecule has 1 N–H and O–H groups in total. The van der Waals surface area contributed by atoms with E-state index in [0.717, 1.165) is 35.9 Å². The lowest BCUT2D eigenvalue weighted by Gasteiger charge is -2.20.